The van der Waals surface area contributed by atoms with Crippen molar-refractivity contribution in [3.8, 4) is 0 Å². The van der Waals surface area contributed by atoms with Gasteiger partial charge in [0.25, 0.3) is 5.22 Å². The summed E-state index contributed by atoms with van der Waals surface area (Å²) in [4.78, 5) is 22.9. The van der Waals surface area contributed by atoms with E-state index in [0.717, 1.165) is 24.6 Å². The standard InChI is InChI=1S/C12H19N3O4S/c1-4-6-8(3)13-9(16)7-20-12-15-14-10(19-12)11(17)18-5-2/h8H,4-7H2,1-3H3,(H,13,16). The van der Waals surface area contributed by atoms with Crippen LogP contribution in [0.1, 0.15) is 44.3 Å². The third-order valence-corrected chi connectivity index (χ3v) is 3.13. The van der Waals surface area contributed by atoms with E-state index in [1.165, 1.54) is 0 Å². The van der Waals surface area contributed by atoms with Crippen molar-refractivity contribution in [1.29, 1.82) is 0 Å². The number of esters is 1. The van der Waals surface area contributed by atoms with Gasteiger partial charge in [0.15, 0.2) is 0 Å². The number of aromatic nitrogens is 2. The first-order chi connectivity index (χ1) is 9.56. The van der Waals surface area contributed by atoms with Crippen molar-refractivity contribution in [1.82, 2.24) is 15.5 Å². The number of thioether (sulfide) groups is 1. The van der Waals surface area contributed by atoms with Gasteiger partial charge in [0, 0.05) is 6.04 Å². The molecule has 1 unspecified atom stereocenters. The predicted octanol–water partition coefficient (Wildman–Crippen LogP) is 1.64. The normalized spacial score (nSPS) is 11.9. The summed E-state index contributed by atoms with van der Waals surface area (Å²) in [5.74, 6) is -0.799. The number of amides is 1. The van der Waals surface area contributed by atoms with Crippen LogP contribution in [0.15, 0.2) is 9.64 Å². The Kier molecular flexibility index (Phi) is 7.06. The number of carbonyl (C=O) groups excluding carboxylic acids is 2. The summed E-state index contributed by atoms with van der Waals surface area (Å²) in [5.41, 5.74) is 0. The van der Waals surface area contributed by atoms with Crippen molar-refractivity contribution in [3.63, 3.8) is 0 Å². The summed E-state index contributed by atoms with van der Waals surface area (Å²) in [6.07, 6.45) is 1.95. The molecule has 1 heterocycles. The molecule has 0 spiro atoms. The van der Waals surface area contributed by atoms with Crippen LogP contribution in [0.3, 0.4) is 0 Å². The zero-order valence-electron chi connectivity index (χ0n) is 11.8. The Hall–Kier alpha value is -1.57. The Morgan fingerprint density at radius 2 is 2.15 bits per heavy atom. The summed E-state index contributed by atoms with van der Waals surface area (Å²) in [6.45, 7) is 5.94. The maximum atomic E-state index is 11.6. The molecule has 0 saturated carbocycles. The molecule has 1 atom stereocenters. The van der Waals surface area contributed by atoms with Crippen LogP contribution in [-0.2, 0) is 9.53 Å². The van der Waals surface area contributed by atoms with Crippen LogP contribution >= 0.6 is 11.8 Å². The second-order valence-corrected chi connectivity index (χ2v) is 5.07. The number of rotatable bonds is 8. The highest BCUT2D eigenvalue weighted by Gasteiger charge is 2.17. The number of nitrogens with one attached hydrogen (secondary N) is 1. The molecule has 0 radical (unpaired) electrons. The van der Waals surface area contributed by atoms with Gasteiger partial charge in [-0.1, -0.05) is 30.2 Å². The first-order valence-electron chi connectivity index (χ1n) is 6.49. The fourth-order valence-corrected chi connectivity index (χ4v) is 2.07. The number of ether oxygens (including phenoxy) is 1. The molecule has 0 aliphatic carbocycles. The van der Waals surface area contributed by atoms with Gasteiger partial charge in [0.2, 0.25) is 5.91 Å². The van der Waals surface area contributed by atoms with Gasteiger partial charge in [0.05, 0.1) is 12.4 Å². The van der Waals surface area contributed by atoms with Gasteiger partial charge in [0.1, 0.15) is 0 Å². The van der Waals surface area contributed by atoms with Crippen LogP contribution in [0, 0.1) is 0 Å². The van der Waals surface area contributed by atoms with Gasteiger partial charge in [-0.2, -0.15) is 0 Å². The van der Waals surface area contributed by atoms with E-state index in [-0.39, 0.29) is 35.4 Å². The van der Waals surface area contributed by atoms with Crippen LogP contribution in [0.4, 0.5) is 0 Å². The molecule has 0 aromatic carbocycles. The second-order valence-electron chi connectivity index (χ2n) is 4.14. The number of carbonyl (C=O) groups is 2. The third-order valence-electron chi connectivity index (χ3n) is 2.31. The van der Waals surface area contributed by atoms with E-state index in [9.17, 15) is 9.59 Å². The highest BCUT2D eigenvalue weighted by Crippen LogP contribution is 2.16. The van der Waals surface area contributed by atoms with Gasteiger partial charge in [-0.05, 0) is 20.3 Å². The van der Waals surface area contributed by atoms with Crippen LogP contribution in [0.5, 0.6) is 0 Å². The minimum absolute atomic E-state index is 0.105. The Bertz CT molecular complexity index is 450. The third kappa shape index (κ3) is 5.60. The summed E-state index contributed by atoms with van der Waals surface area (Å²) >= 11 is 1.08. The lowest BCUT2D eigenvalue weighted by Gasteiger charge is -2.11. The molecule has 7 nitrogen and oxygen atoms in total. The average molecular weight is 301 g/mol. The molecular weight excluding hydrogens is 282 g/mol. The molecule has 20 heavy (non-hydrogen) atoms. The summed E-state index contributed by atoms with van der Waals surface area (Å²) in [5, 5.41) is 10.3. The summed E-state index contributed by atoms with van der Waals surface area (Å²) in [6, 6.07) is 0.144. The van der Waals surface area contributed by atoms with E-state index in [4.69, 9.17) is 9.15 Å². The van der Waals surface area contributed by atoms with Gasteiger partial charge in [-0.15, -0.1) is 5.10 Å². The van der Waals surface area contributed by atoms with Gasteiger partial charge in [-0.3, -0.25) is 4.79 Å². The number of hydrogen-bond donors (Lipinski definition) is 1. The molecule has 1 N–H and O–H groups in total. The maximum absolute atomic E-state index is 11.6. The fourth-order valence-electron chi connectivity index (χ4n) is 1.49. The SMILES string of the molecule is CCCC(C)NC(=O)CSc1nnc(C(=O)OCC)o1. The van der Waals surface area contributed by atoms with E-state index >= 15 is 0 Å². The molecular formula is C12H19N3O4S. The molecule has 1 aromatic heterocycles. The van der Waals surface area contributed by atoms with Crippen LogP contribution in [0.25, 0.3) is 0 Å². The molecule has 0 fully saturated rings. The monoisotopic (exact) mass is 301 g/mol. The predicted molar refractivity (Wildman–Crippen MR) is 73.5 cm³/mol. The Balaban J connectivity index is 2.38. The van der Waals surface area contributed by atoms with Gasteiger partial charge < -0.3 is 14.5 Å². The molecule has 0 saturated heterocycles. The summed E-state index contributed by atoms with van der Waals surface area (Å²) < 4.78 is 9.81. The van der Waals surface area contributed by atoms with Crippen LogP contribution < -0.4 is 5.32 Å². The molecule has 1 aromatic rings. The smallest absolute Gasteiger partial charge is 0.396 e. The molecule has 0 aliphatic heterocycles. The Morgan fingerprint density at radius 1 is 1.40 bits per heavy atom. The van der Waals surface area contributed by atoms with Crippen molar-refractivity contribution < 1.29 is 18.7 Å². The minimum atomic E-state index is -0.659. The quantitative estimate of drug-likeness (QED) is 0.576. The van der Waals surface area contributed by atoms with E-state index in [2.05, 4.69) is 22.4 Å². The number of nitrogens with zero attached hydrogens (tertiary/aromatic N) is 2. The molecule has 0 bridgehead atoms. The topological polar surface area (TPSA) is 94.3 Å². The molecule has 8 heteroatoms. The second kappa shape index (κ2) is 8.57. The Labute approximate surface area is 121 Å². The average Bonchev–Trinajstić information content (AvgIpc) is 2.85. The van der Waals surface area contributed by atoms with Crippen molar-refractivity contribution >= 4 is 23.6 Å². The highest BCUT2D eigenvalue weighted by molar-refractivity contribution is 7.99. The van der Waals surface area contributed by atoms with E-state index < -0.39 is 5.97 Å². The largest absolute Gasteiger partial charge is 0.459 e. The van der Waals surface area contributed by atoms with E-state index in [1.807, 2.05) is 6.92 Å². The first-order valence-corrected chi connectivity index (χ1v) is 7.48. The zero-order chi connectivity index (χ0) is 15.0. The first kappa shape index (κ1) is 16.5. The van der Waals surface area contributed by atoms with Crippen molar-refractivity contribution in [2.24, 2.45) is 0 Å². The molecule has 1 rings (SSSR count). The lowest BCUT2D eigenvalue weighted by molar-refractivity contribution is -0.119. The minimum Gasteiger partial charge on any atom is -0.459 e. The lowest BCUT2D eigenvalue weighted by atomic mass is 10.2. The van der Waals surface area contributed by atoms with Gasteiger partial charge >= 0.3 is 11.9 Å². The van der Waals surface area contributed by atoms with E-state index in [0.29, 0.717) is 0 Å². The number of hydrogen-bond acceptors (Lipinski definition) is 7. The molecule has 112 valence electrons. The van der Waals surface area contributed by atoms with Crippen LogP contribution in [-0.4, -0.2) is 40.5 Å². The van der Waals surface area contributed by atoms with Gasteiger partial charge in [-0.25, -0.2) is 4.79 Å². The van der Waals surface area contributed by atoms with Crippen molar-refractivity contribution in [3.05, 3.63) is 5.89 Å². The van der Waals surface area contributed by atoms with E-state index in [1.54, 1.807) is 6.92 Å². The van der Waals surface area contributed by atoms with Crippen molar-refractivity contribution in [2.75, 3.05) is 12.4 Å². The molecule has 0 aliphatic rings. The molecule has 1 amide bonds. The zero-order valence-corrected chi connectivity index (χ0v) is 12.7. The summed E-state index contributed by atoms with van der Waals surface area (Å²) in [7, 11) is 0. The van der Waals surface area contributed by atoms with Crippen LogP contribution in [0.2, 0.25) is 0 Å². The highest BCUT2D eigenvalue weighted by atomic mass is 32.2. The maximum Gasteiger partial charge on any atom is 0.396 e. The lowest BCUT2D eigenvalue weighted by Crippen LogP contribution is -2.33. The Morgan fingerprint density at radius 3 is 2.80 bits per heavy atom. The fraction of sp³-hybridized carbons (Fsp3) is 0.667. The van der Waals surface area contributed by atoms with Crippen molar-refractivity contribution in [2.45, 2.75) is 44.9 Å².